The van der Waals surface area contributed by atoms with Crippen molar-refractivity contribution >= 4 is 0 Å². The van der Waals surface area contributed by atoms with Gasteiger partial charge in [0.1, 0.15) is 0 Å². The maximum absolute atomic E-state index is 6.28. The Morgan fingerprint density at radius 2 is 1.87 bits per heavy atom. The second-order valence-corrected chi connectivity index (χ2v) is 4.52. The van der Waals surface area contributed by atoms with E-state index in [-0.39, 0.29) is 11.6 Å². The molecule has 0 saturated carbocycles. The van der Waals surface area contributed by atoms with E-state index < -0.39 is 0 Å². The Kier molecular flexibility index (Phi) is 4.63. The van der Waals surface area contributed by atoms with Crippen molar-refractivity contribution in [2.75, 3.05) is 13.1 Å². The van der Waals surface area contributed by atoms with Crippen LogP contribution in [0.1, 0.15) is 46.0 Å². The summed E-state index contributed by atoms with van der Waals surface area (Å²) in [5, 5.41) is 0. The second kappa shape index (κ2) is 5.53. The topological polar surface area (TPSA) is 29.3 Å². The van der Waals surface area contributed by atoms with Gasteiger partial charge in [-0.3, -0.25) is 4.90 Å². The molecule has 0 aliphatic carbocycles. The van der Waals surface area contributed by atoms with Crippen LogP contribution in [-0.4, -0.2) is 29.6 Å². The summed E-state index contributed by atoms with van der Waals surface area (Å²) < 4.78 is 0. The third-order valence-electron chi connectivity index (χ3n) is 3.99. The van der Waals surface area contributed by atoms with E-state index in [9.17, 15) is 0 Å². The number of likely N-dealkylation sites (tertiary alicyclic amines) is 1. The molecule has 2 nitrogen and oxygen atoms in total. The highest BCUT2D eigenvalue weighted by molar-refractivity contribution is 5.03. The molecule has 0 spiro atoms. The maximum atomic E-state index is 6.28. The summed E-state index contributed by atoms with van der Waals surface area (Å²) in [6.45, 7) is 6.86. The van der Waals surface area contributed by atoms with Crippen molar-refractivity contribution in [2.45, 2.75) is 57.5 Å². The van der Waals surface area contributed by atoms with Gasteiger partial charge in [-0.1, -0.05) is 13.8 Å². The predicted molar refractivity (Wildman–Crippen MR) is 65.5 cm³/mol. The summed E-state index contributed by atoms with van der Waals surface area (Å²) in [7, 11) is 0. The summed E-state index contributed by atoms with van der Waals surface area (Å²) in [4.78, 5) is 2.56. The van der Waals surface area contributed by atoms with Crippen molar-refractivity contribution in [1.82, 2.24) is 4.90 Å². The van der Waals surface area contributed by atoms with Crippen LogP contribution in [-0.2, 0) is 0 Å². The van der Waals surface area contributed by atoms with Crippen molar-refractivity contribution in [3.05, 3.63) is 0 Å². The number of nitrogens with zero attached hydrogens (tertiary/aromatic N) is 1. The molecule has 1 aliphatic heterocycles. The zero-order chi connectivity index (χ0) is 11.3. The van der Waals surface area contributed by atoms with Crippen molar-refractivity contribution in [1.29, 1.82) is 0 Å². The van der Waals surface area contributed by atoms with Crippen LogP contribution in [0.3, 0.4) is 0 Å². The first-order valence-corrected chi connectivity index (χ1v) is 6.15. The summed E-state index contributed by atoms with van der Waals surface area (Å²) in [5.41, 5.74) is 6.42. The van der Waals surface area contributed by atoms with E-state index in [0.29, 0.717) is 6.42 Å². The fourth-order valence-electron chi connectivity index (χ4n) is 2.94. The molecule has 0 bridgehead atoms. The first-order valence-electron chi connectivity index (χ1n) is 6.15. The quantitative estimate of drug-likeness (QED) is 0.700. The number of nitrogens with two attached hydrogens (primary N) is 1. The molecule has 1 aliphatic rings. The van der Waals surface area contributed by atoms with Crippen LogP contribution in [0.15, 0.2) is 0 Å². The van der Waals surface area contributed by atoms with E-state index in [2.05, 4.69) is 24.7 Å². The Hall–Kier alpha value is -0.520. The van der Waals surface area contributed by atoms with E-state index in [1.165, 1.54) is 25.9 Å². The number of hydrogen-bond acceptors (Lipinski definition) is 2. The molecule has 2 N–H and O–H groups in total. The Labute approximate surface area is 94.2 Å². The van der Waals surface area contributed by atoms with Gasteiger partial charge in [0.2, 0.25) is 0 Å². The van der Waals surface area contributed by atoms with Crippen LogP contribution in [0.4, 0.5) is 0 Å². The summed E-state index contributed by atoms with van der Waals surface area (Å²) >= 11 is 0. The lowest BCUT2D eigenvalue weighted by atomic mass is 9.82. The highest BCUT2D eigenvalue weighted by Crippen LogP contribution is 2.31. The highest BCUT2D eigenvalue weighted by Gasteiger charge is 2.39. The first kappa shape index (κ1) is 12.5. The van der Waals surface area contributed by atoms with Crippen molar-refractivity contribution in [3.8, 4) is 12.3 Å². The largest absolute Gasteiger partial charge is 0.325 e. The monoisotopic (exact) mass is 208 g/mol. The van der Waals surface area contributed by atoms with Gasteiger partial charge in [0.05, 0.1) is 0 Å². The zero-order valence-corrected chi connectivity index (χ0v) is 10.1. The Morgan fingerprint density at radius 1 is 1.33 bits per heavy atom. The molecule has 0 amide bonds. The van der Waals surface area contributed by atoms with Crippen LogP contribution < -0.4 is 5.73 Å². The molecule has 1 atom stereocenters. The van der Waals surface area contributed by atoms with Crippen LogP contribution in [0.5, 0.6) is 0 Å². The molecule has 1 rings (SSSR count). The SMILES string of the molecule is C#CCC(N)C(CC)(CC)N1CCCC1. The van der Waals surface area contributed by atoms with Crippen molar-refractivity contribution in [2.24, 2.45) is 5.73 Å². The summed E-state index contributed by atoms with van der Waals surface area (Å²) in [5.74, 6) is 2.71. The molecule has 0 aromatic rings. The average Bonchev–Trinajstić information content (AvgIpc) is 2.75. The van der Waals surface area contributed by atoms with Crippen molar-refractivity contribution < 1.29 is 0 Å². The molecular weight excluding hydrogens is 184 g/mol. The summed E-state index contributed by atoms with van der Waals surface area (Å²) in [6, 6.07) is 0.121. The molecule has 0 aromatic carbocycles. The number of terminal acetylenes is 1. The second-order valence-electron chi connectivity index (χ2n) is 4.52. The minimum Gasteiger partial charge on any atom is -0.325 e. The lowest BCUT2D eigenvalue weighted by Gasteiger charge is -2.45. The molecule has 0 aromatic heterocycles. The molecule has 1 unspecified atom stereocenters. The van der Waals surface area contributed by atoms with Gasteiger partial charge in [-0.05, 0) is 38.8 Å². The van der Waals surface area contributed by atoms with Crippen LogP contribution in [0.25, 0.3) is 0 Å². The van der Waals surface area contributed by atoms with Gasteiger partial charge in [-0.25, -0.2) is 0 Å². The first-order chi connectivity index (χ1) is 7.21. The number of hydrogen-bond donors (Lipinski definition) is 1. The molecule has 1 heterocycles. The smallest absolute Gasteiger partial charge is 0.0364 e. The third kappa shape index (κ3) is 2.35. The van der Waals surface area contributed by atoms with Crippen LogP contribution >= 0.6 is 0 Å². The van der Waals surface area contributed by atoms with Gasteiger partial charge in [-0.15, -0.1) is 12.3 Å². The third-order valence-corrected chi connectivity index (χ3v) is 3.99. The van der Waals surface area contributed by atoms with Crippen LogP contribution in [0.2, 0.25) is 0 Å². The van der Waals surface area contributed by atoms with E-state index in [4.69, 9.17) is 12.2 Å². The molecule has 1 saturated heterocycles. The minimum absolute atomic E-state index is 0.121. The molecule has 15 heavy (non-hydrogen) atoms. The lowest BCUT2D eigenvalue weighted by molar-refractivity contribution is 0.0785. The van der Waals surface area contributed by atoms with Crippen molar-refractivity contribution in [3.63, 3.8) is 0 Å². The molecular formula is C13H24N2. The standard InChI is InChI=1S/C13H24N2/c1-4-9-12(14)13(5-2,6-3)15-10-7-8-11-15/h1,12H,5-11,14H2,2-3H3. The maximum Gasteiger partial charge on any atom is 0.0364 e. The van der Waals surface area contributed by atoms with Gasteiger partial charge < -0.3 is 5.73 Å². The van der Waals surface area contributed by atoms with Gasteiger partial charge in [0.15, 0.2) is 0 Å². The van der Waals surface area contributed by atoms with Gasteiger partial charge in [0, 0.05) is 18.0 Å². The molecule has 2 heteroatoms. The lowest BCUT2D eigenvalue weighted by Crippen LogP contribution is -2.58. The van der Waals surface area contributed by atoms with Crippen LogP contribution in [0, 0.1) is 12.3 Å². The van der Waals surface area contributed by atoms with Gasteiger partial charge >= 0.3 is 0 Å². The Morgan fingerprint density at radius 3 is 2.27 bits per heavy atom. The van der Waals surface area contributed by atoms with E-state index in [0.717, 1.165) is 12.8 Å². The fourth-order valence-corrected chi connectivity index (χ4v) is 2.94. The highest BCUT2D eigenvalue weighted by atomic mass is 15.2. The van der Waals surface area contributed by atoms with E-state index in [1.54, 1.807) is 0 Å². The van der Waals surface area contributed by atoms with Gasteiger partial charge in [-0.2, -0.15) is 0 Å². The Balaban J connectivity index is 2.80. The fraction of sp³-hybridized carbons (Fsp3) is 0.846. The van der Waals surface area contributed by atoms with E-state index in [1.807, 2.05) is 0 Å². The van der Waals surface area contributed by atoms with E-state index >= 15 is 0 Å². The minimum atomic E-state index is 0.121. The Bertz CT molecular complexity index is 219. The zero-order valence-electron chi connectivity index (χ0n) is 10.1. The molecule has 0 radical (unpaired) electrons. The molecule has 1 fully saturated rings. The average molecular weight is 208 g/mol. The number of rotatable bonds is 5. The molecule has 86 valence electrons. The van der Waals surface area contributed by atoms with Gasteiger partial charge in [0.25, 0.3) is 0 Å². The predicted octanol–water partition coefficient (Wildman–Crippen LogP) is 1.99. The summed E-state index contributed by atoms with van der Waals surface area (Å²) in [6.07, 6.45) is 10.9. The normalized spacial score (nSPS) is 20.1.